The lowest BCUT2D eigenvalue weighted by Gasteiger charge is -1.94. The SMILES string of the molecule is CCCCC=C=C1CC(C)OC1=O. The summed E-state index contributed by atoms with van der Waals surface area (Å²) in [7, 11) is 0. The largest absolute Gasteiger partial charge is 0.458 e. The molecule has 2 nitrogen and oxygen atoms in total. The molecule has 13 heavy (non-hydrogen) atoms. The predicted molar refractivity (Wildman–Crippen MR) is 51.3 cm³/mol. The minimum absolute atomic E-state index is 0.0366. The first-order valence-corrected chi connectivity index (χ1v) is 4.89. The van der Waals surface area contributed by atoms with Crippen molar-refractivity contribution >= 4 is 5.97 Å². The van der Waals surface area contributed by atoms with Gasteiger partial charge >= 0.3 is 5.97 Å². The van der Waals surface area contributed by atoms with Crippen molar-refractivity contribution in [2.24, 2.45) is 0 Å². The number of esters is 1. The van der Waals surface area contributed by atoms with E-state index in [1.807, 2.05) is 13.0 Å². The Bertz CT molecular complexity index is 247. The minimum Gasteiger partial charge on any atom is -0.458 e. The molecule has 0 aromatic rings. The zero-order valence-electron chi connectivity index (χ0n) is 8.30. The van der Waals surface area contributed by atoms with Gasteiger partial charge in [-0.05, 0) is 25.8 Å². The van der Waals surface area contributed by atoms with Crippen LogP contribution in [0.3, 0.4) is 0 Å². The van der Waals surface area contributed by atoms with Gasteiger partial charge in [-0.1, -0.05) is 13.3 Å². The second kappa shape index (κ2) is 4.88. The van der Waals surface area contributed by atoms with Crippen LogP contribution in [0.4, 0.5) is 0 Å². The average Bonchev–Trinajstić information content (AvgIpc) is 2.39. The van der Waals surface area contributed by atoms with Crippen molar-refractivity contribution in [2.45, 2.75) is 45.6 Å². The maximum absolute atomic E-state index is 11.1. The normalized spacial score (nSPS) is 21.2. The molecule has 0 aromatic heterocycles. The first-order valence-electron chi connectivity index (χ1n) is 4.89. The highest BCUT2D eigenvalue weighted by atomic mass is 16.5. The summed E-state index contributed by atoms with van der Waals surface area (Å²) >= 11 is 0. The van der Waals surface area contributed by atoms with Crippen molar-refractivity contribution in [3.05, 3.63) is 17.4 Å². The fourth-order valence-electron chi connectivity index (χ4n) is 1.29. The maximum atomic E-state index is 11.1. The van der Waals surface area contributed by atoms with Gasteiger partial charge in [-0.3, -0.25) is 0 Å². The lowest BCUT2D eigenvalue weighted by molar-refractivity contribution is -0.138. The standard InChI is InChI=1S/C11H16O2/c1-3-4-5-6-7-10-8-9(2)13-11(10)12/h6,9H,3-5,8H2,1-2H3. The summed E-state index contributed by atoms with van der Waals surface area (Å²) in [5.74, 6) is -0.194. The van der Waals surface area contributed by atoms with Crippen LogP contribution in [0.1, 0.15) is 39.5 Å². The van der Waals surface area contributed by atoms with E-state index in [2.05, 4.69) is 12.7 Å². The van der Waals surface area contributed by atoms with Crippen LogP contribution in [-0.2, 0) is 9.53 Å². The lowest BCUT2D eigenvalue weighted by Crippen LogP contribution is -1.99. The smallest absolute Gasteiger partial charge is 0.342 e. The fourth-order valence-corrected chi connectivity index (χ4v) is 1.29. The second-order valence-corrected chi connectivity index (χ2v) is 3.39. The quantitative estimate of drug-likeness (QED) is 0.289. The molecule has 72 valence electrons. The summed E-state index contributed by atoms with van der Waals surface area (Å²) in [5.41, 5.74) is 3.71. The molecule has 1 fully saturated rings. The molecule has 0 aliphatic carbocycles. The third-order valence-electron chi connectivity index (χ3n) is 2.02. The van der Waals surface area contributed by atoms with Crippen LogP contribution in [0.5, 0.6) is 0 Å². The van der Waals surface area contributed by atoms with E-state index in [1.54, 1.807) is 0 Å². The van der Waals surface area contributed by atoms with E-state index in [4.69, 9.17) is 4.74 Å². The lowest BCUT2D eigenvalue weighted by atomic mass is 10.1. The summed E-state index contributed by atoms with van der Waals surface area (Å²) < 4.78 is 4.97. The number of ether oxygens (including phenoxy) is 1. The molecule has 0 bridgehead atoms. The van der Waals surface area contributed by atoms with Crippen LogP contribution in [0, 0.1) is 0 Å². The summed E-state index contributed by atoms with van der Waals surface area (Å²) in [5, 5.41) is 0. The molecule has 0 N–H and O–H groups in total. The summed E-state index contributed by atoms with van der Waals surface area (Å²) in [6.45, 7) is 4.05. The van der Waals surface area contributed by atoms with Crippen LogP contribution in [0.15, 0.2) is 17.4 Å². The number of cyclic esters (lactones) is 1. The van der Waals surface area contributed by atoms with Gasteiger partial charge in [-0.25, -0.2) is 4.79 Å². The fraction of sp³-hybridized carbons (Fsp3) is 0.636. The summed E-state index contributed by atoms with van der Waals surface area (Å²) in [4.78, 5) is 11.1. The minimum atomic E-state index is -0.194. The van der Waals surface area contributed by atoms with Gasteiger partial charge in [0.15, 0.2) is 0 Å². The molecule has 0 aromatic carbocycles. The number of carbonyl (C=O) groups is 1. The predicted octanol–water partition coefficient (Wildman–Crippen LogP) is 2.59. The van der Waals surface area contributed by atoms with Crippen LogP contribution in [0.2, 0.25) is 0 Å². The van der Waals surface area contributed by atoms with E-state index in [-0.39, 0.29) is 12.1 Å². The molecule has 2 heteroatoms. The molecule has 0 spiro atoms. The molecule has 1 rings (SSSR count). The van der Waals surface area contributed by atoms with Crippen molar-refractivity contribution < 1.29 is 9.53 Å². The van der Waals surface area contributed by atoms with E-state index in [9.17, 15) is 4.79 Å². The van der Waals surface area contributed by atoms with Crippen molar-refractivity contribution in [3.8, 4) is 0 Å². The molecular weight excluding hydrogens is 164 g/mol. The van der Waals surface area contributed by atoms with Gasteiger partial charge in [0.05, 0.1) is 5.57 Å². The Morgan fingerprint density at radius 3 is 3.00 bits per heavy atom. The van der Waals surface area contributed by atoms with E-state index >= 15 is 0 Å². The van der Waals surface area contributed by atoms with Gasteiger partial charge in [0.1, 0.15) is 6.10 Å². The highest BCUT2D eigenvalue weighted by molar-refractivity contribution is 5.90. The second-order valence-electron chi connectivity index (χ2n) is 3.39. The number of carbonyl (C=O) groups excluding carboxylic acids is 1. The molecule has 0 radical (unpaired) electrons. The highest BCUT2D eigenvalue weighted by Crippen LogP contribution is 2.18. The third-order valence-corrected chi connectivity index (χ3v) is 2.02. The molecular formula is C11H16O2. The molecule has 1 atom stereocenters. The molecule has 1 aliphatic heterocycles. The molecule has 1 unspecified atom stereocenters. The highest BCUT2D eigenvalue weighted by Gasteiger charge is 2.24. The zero-order valence-corrected chi connectivity index (χ0v) is 8.30. The Morgan fingerprint density at radius 2 is 2.46 bits per heavy atom. The first-order chi connectivity index (χ1) is 6.24. The molecule has 1 saturated heterocycles. The number of unbranched alkanes of at least 4 members (excludes halogenated alkanes) is 2. The first kappa shape index (κ1) is 10.1. The number of hydrogen-bond acceptors (Lipinski definition) is 2. The van der Waals surface area contributed by atoms with Crippen LogP contribution >= 0.6 is 0 Å². The number of rotatable bonds is 3. The average molecular weight is 180 g/mol. The van der Waals surface area contributed by atoms with Crippen LogP contribution in [-0.4, -0.2) is 12.1 Å². The monoisotopic (exact) mass is 180 g/mol. The van der Waals surface area contributed by atoms with Gasteiger partial charge in [0, 0.05) is 6.42 Å². The van der Waals surface area contributed by atoms with E-state index in [0.717, 1.165) is 12.8 Å². The number of hydrogen-bond donors (Lipinski definition) is 0. The molecule has 1 heterocycles. The van der Waals surface area contributed by atoms with Crippen molar-refractivity contribution in [1.82, 2.24) is 0 Å². The zero-order chi connectivity index (χ0) is 9.68. The maximum Gasteiger partial charge on any atom is 0.342 e. The van der Waals surface area contributed by atoms with Gasteiger partial charge in [0.2, 0.25) is 0 Å². The Balaban J connectivity index is 2.50. The van der Waals surface area contributed by atoms with Crippen molar-refractivity contribution in [2.75, 3.05) is 0 Å². The van der Waals surface area contributed by atoms with Gasteiger partial charge < -0.3 is 4.74 Å². The Morgan fingerprint density at radius 1 is 1.69 bits per heavy atom. The van der Waals surface area contributed by atoms with E-state index in [0.29, 0.717) is 12.0 Å². The van der Waals surface area contributed by atoms with Crippen LogP contribution < -0.4 is 0 Å². The van der Waals surface area contributed by atoms with Gasteiger partial charge in [0.25, 0.3) is 0 Å². The Hall–Kier alpha value is -1.01. The molecule has 1 aliphatic rings. The van der Waals surface area contributed by atoms with E-state index < -0.39 is 0 Å². The van der Waals surface area contributed by atoms with Crippen molar-refractivity contribution in [1.29, 1.82) is 0 Å². The summed E-state index contributed by atoms with van der Waals surface area (Å²) in [6, 6.07) is 0. The van der Waals surface area contributed by atoms with Crippen molar-refractivity contribution in [3.63, 3.8) is 0 Å². The third kappa shape index (κ3) is 3.08. The van der Waals surface area contributed by atoms with Gasteiger partial charge in [-0.15, -0.1) is 5.73 Å². The summed E-state index contributed by atoms with van der Waals surface area (Å²) in [6.07, 6.45) is 6.02. The van der Waals surface area contributed by atoms with Gasteiger partial charge in [-0.2, -0.15) is 0 Å². The molecule has 0 saturated carbocycles. The topological polar surface area (TPSA) is 26.3 Å². The van der Waals surface area contributed by atoms with E-state index in [1.165, 1.54) is 6.42 Å². The Kier molecular flexibility index (Phi) is 3.78. The Labute approximate surface area is 79.3 Å². The molecule has 0 amide bonds. The van der Waals surface area contributed by atoms with Crippen LogP contribution in [0.25, 0.3) is 0 Å².